The van der Waals surface area contributed by atoms with Crippen LogP contribution in [-0.2, 0) is 4.74 Å². The maximum Gasteiger partial charge on any atom is 0.322 e. The molecule has 0 saturated carbocycles. The summed E-state index contributed by atoms with van der Waals surface area (Å²) in [6.07, 6.45) is 9.49. The van der Waals surface area contributed by atoms with Crippen molar-refractivity contribution in [2.45, 2.75) is 37.5 Å². The number of urea groups is 1. The topological polar surface area (TPSA) is 85.2 Å². The van der Waals surface area contributed by atoms with E-state index >= 15 is 0 Å². The summed E-state index contributed by atoms with van der Waals surface area (Å²) in [5, 5.41) is 7.20. The molecule has 0 radical (unpaired) electrons. The molecule has 0 bridgehead atoms. The van der Waals surface area contributed by atoms with Crippen molar-refractivity contribution < 1.29 is 9.53 Å². The van der Waals surface area contributed by atoms with Gasteiger partial charge in [-0.2, -0.15) is 5.10 Å². The van der Waals surface area contributed by atoms with Crippen molar-refractivity contribution >= 4 is 11.7 Å². The molecule has 29 heavy (non-hydrogen) atoms. The van der Waals surface area contributed by atoms with E-state index < -0.39 is 0 Å². The number of carbonyl (C=O) groups excluding carboxylic acids is 1. The Bertz CT molecular complexity index is 977. The number of ether oxygens (including phenoxy) is 1. The van der Waals surface area contributed by atoms with Crippen molar-refractivity contribution in [1.82, 2.24) is 24.6 Å². The number of fused-ring (bicyclic) bond motifs is 1. The number of nitrogens with one attached hydrogen (secondary N) is 1. The van der Waals surface area contributed by atoms with E-state index in [0.717, 1.165) is 25.8 Å². The highest BCUT2D eigenvalue weighted by molar-refractivity contribution is 5.89. The molecule has 2 aromatic heterocycles. The predicted octanol–water partition coefficient (Wildman–Crippen LogP) is 3.19. The van der Waals surface area contributed by atoms with Gasteiger partial charge in [0, 0.05) is 25.4 Å². The van der Waals surface area contributed by atoms with Crippen LogP contribution in [0, 0.1) is 0 Å². The van der Waals surface area contributed by atoms with Gasteiger partial charge in [0.2, 0.25) is 5.95 Å². The van der Waals surface area contributed by atoms with Crippen LogP contribution < -0.4 is 5.32 Å². The van der Waals surface area contributed by atoms with Crippen LogP contribution in [0.3, 0.4) is 0 Å². The van der Waals surface area contributed by atoms with Gasteiger partial charge in [-0.1, -0.05) is 30.3 Å². The SMILES string of the molecule is O=C(Nc1cnn(-c2ncccn2)c1)N1CCC[C@@H]2O[C@H](c3ccccc3)C[C@@H]21. The minimum absolute atomic E-state index is 0.0394. The molecule has 3 aromatic rings. The number of likely N-dealkylation sites (tertiary alicyclic amines) is 1. The third-order valence-electron chi connectivity index (χ3n) is 5.53. The summed E-state index contributed by atoms with van der Waals surface area (Å²) in [4.78, 5) is 23.2. The molecule has 2 aliphatic rings. The number of benzene rings is 1. The number of anilines is 1. The van der Waals surface area contributed by atoms with E-state index in [1.54, 1.807) is 35.5 Å². The first-order valence-corrected chi connectivity index (χ1v) is 9.88. The molecule has 3 atom stereocenters. The molecule has 2 fully saturated rings. The zero-order valence-corrected chi connectivity index (χ0v) is 15.9. The highest BCUT2D eigenvalue weighted by atomic mass is 16.5. The van der Waals surface area contributed by atoms with Gasteiger partial charge >= 0.3 is 6.03 Å². The van der Waals surface area contributed by atoms with E-state index in [9.17, 15) is 4.79 Å². The first-order chi connectivity index (χ1) is 14.3. The third-order valence-corrected chi connectivity index (χ3v) is 5.53. The van der Waals surface area contributed by atoms with Crippen LogP contribution >= 0.6 is 0 Å². The minimum atomic E-state index is -0.120. The highest BCUT2D eigenvalue weighted by Crippen LogP contribution is 2.39. The van der Waals surface area contributed by atoms with Gasteiger partial charge in [-0.05, 0) is 24.5 Å². The van der Waals surface area contributed by atoms with Gasteiger partial charge in [0.1, 0.15) is 0 Å². The summed E-state index contributed by atoms with van der Waals surface area (Å²) in [6, 6.07) is 11.9. The third kappa shape index (κ3) is 3.58. The molecule has 2 aliphatic heterocycles. The Labute approximate surface area is 168 Å². The van der Waals surface area contributed by atoms with Crippen molar-refractivity contribution in [2.24, 2.45) is 0 Å². The summed E-state index contributed by atoms with van der Waals surface area (Å²) >= 11 is 0. The summed E-state index contributed by atoms with van der Waals surface area (Å²) in [5.74, 6) is 0.459. The van der Waals surface area contributed by atoms with Crippen LogP contribution in [0.5, 0.6) is 0 Å². The number of amides is 2. The number of carbonyl (C=O) groups is 1. The molecule has 8 heteroatoms. The average Bonchev–Trinajstić information content (AvgIpc) is 3.42. The maximum absolute atomic E-state index is 13.0. The van der Waals surface area contributed by atoms with Gasteiger partial charge in [-0.3, -0.25) is 0 Å². The Hall–Kier alpha value is -3.26. The highest BCUT2D eigenvalue weighted by Gasteiger charge is 2.43. The first kappa shape index (κ1) is 17.8. The van der Waals surface area contributed by atoms with Crippen molar-refractivity contribution in [3.05, 3.63) is 66.7 Å². The van der Waals surface area contributed by atoms with Gasteiger partial charge in [-0.25, -0.2) is 19.4 Å². The number of aromatic nitrogens is 4. The maximum atomic E-state index is 13.0. The van der Waals surface area contributed by atoms with Crippen LogP contribution in [0.2, 0.25) is 0 Å². The number of piperidine rings is 1. The molecule has 1 aromatic carbocycles. The molecule has 0 unspecified atom stereocenters. The van der Waals surface area contributed by atoms with E-state index in [2.05, 4.69) is 32.5 Å². The number of nitrogens with zero attached hydrogens (tertiary/aromatic N) is 5. The Kier molecular flexibility index (Phi) is 4.69. The molecule has 1 N–H and O–H groups in total. The van der Waals surface area contributed by atoms with E-state index in [0.29, 0.717) is 11.6 Å². The quantitative estimate of drug-likeness (QED) is 0.742. The predicted molar refractivity (Wildman–Crippen MR) is 107 cm³/mol. The molecule has 0 aliphatic carbocycles. The second-order valence-electron chi connectivity index (χ2n) is 7.37. The Morgan fingerprint density at radius 3 is 2.79 bits per heavy atom. The van der Waals surface area contributed by atoms with E-state index in [1.807, 2.05) is 23.1 Å². The van der Waals surface area contributed by atoms with Crippen molar-refractivity contribution in [2.75, 3.05) is 11.9 Å². The molecule has 4 heterocycles. The zero-order valence-electron chi connectivity index (χ0n) is 15.9. The van der Waals surface area contributed by atoms with Crippen LogP contribution in [-0.4, -0.2) is 49.4 Å². The smallest absolute Gasteiger partial charge is 0.322 e. The molecular weight excluding hydrogens is 368 g/mol. The fourth-order valence-electron chi connectivity index (χ4n) is 4.18. The Morgan fingerprint density at radius 1 is 1.14 bits per heavy atom. The van der Waals surface area contributed by atoms with Gasteiger partial charge < -0.3 is 15.0 Å². The molecule has 0 spiro atoms. The van der Waals surface area contributed by atoms with Gasteiger partial charge in [0.15, 0.2) is 0 Å². The largest absolute Gasteiger partial charge is 0.368 e. The number of rotatable bonds is 3. The minimum Gasteiger partial charge on any atom is -0.368 e. The Balaban J connectivity index is 1.28. The molecular formula is C21H22N6O2. The van der Waals surface area contributed by atoms with Crippen LogP contribution in [0.25, 0.3) is 5.95 Å². The lowest BCUT2D eigenvalue weighted by Gasteiger charge is -2.36. The monoisotopic (exact) mass is 390 g/mol. The molecule has 5 rings (SSSR count). The first-order valence-electron chi connectivity index (χ1n) is 9.88. The van der Waals surface area contributed by atoms with Gasteiger partial charge in [0.05, 0.1) is 36.3 Å². The van der Waals surface area contributed by atoms with Crippen LogP contribution in [0.15, 0.2) is 61.2 Å². The fourth-order valence-corrected chi connectivity index (χ4v) is 4.18. The lowest BCUT2D eigenvalue weighted by molar-refractivity contribution is 0.00680. The average molecular weight is 390 g/mol. The van der Waals surface area contributed by atoms with Crippen molar-refractivity contribution in [3.8, 4) is 5.95 Å². The van der Waals surface area contributed by atoms with Crippen LogP contribution in [0.1, 0.15) is 30.9 Å². The fraction of sp³-hybridized carbons (Fsp3) is 0.333. The van der Waals surface area contributed by atoms with Crippen molar-refractivity contribution in [1.29, 1.82) is 0 Å². The number of hydrogen-bond donors (Lipinski definition) is 1. The van der Waals surface area contributed by atoms with E-state index in [-0.39, 0.29) is 24.3 Å². The summed E-state index contributed by atoms with van der Waals surface area (Å²) < 4.78 is 7.83. The zero-order chi connectivity index (χ0) is 19.6. The molecule has 2 amide bonds. The normalized spacial score (nSPS) is 23.6. The van der Waals surface area contributed by atoms with Crippen LogP contribution in [0.4, 0.5) is 10.5 Å². The second kappa shape index (κ2) is 7.63. The molecule has 8 nitrogen and oxygen atoms in total. The molecule has 148 valence electrons. The lowest BCUT2D eigenvalue weighted by atomic mass is 9.96. The van der Waals surface area contributed by atoms with Gasteiger partial charge in [0.25, 0.3) is 0 Å². The van der Waals surface area contributed by atoms with Crippen molar-refractivity contribution in [3.63, 3.8) is 0 Å². The summed E-state index contributed by atoms with van der Waals surface area (Å²) in [5.41, 5.74) is 1.79. The second-order valence-corrected chi connectivity index (χ2v) is 7.37. The standard InChI is InChI=1S/C21H22N6O2/c28-21(25-16-13-24-27(14-16)20-22-9-5-10-23-20)26-11-4-8-18-17(26)12-19(29-18)15-6-2-1-3-7-15/h1-3,5-7,9-10,13-14,17-19H,4,8,11-12H2,(H,25,28)/t17-,18-,19-/m0/s1. The van der Waals surface area contributed by atoms with E-state index in [4.69, 9.17) is 4.74 Å². The molecule has 2 saturated heterocycles. The Morgan fingerprint density at radius 2 is 1.97 bits per heavy atom. The van der Waals surface area contributed by atoms with Gasteiger partial charge in [-0.15, -0.1) is 0 Å². The lowest BCUT2D eigenvalue weighted by Crippen LogP contribution is -2.50. The summed E-state index contributed by atoms with van der Waals surface area (Å²) in [7, 11) is 0. The summed E-state index contributed by atoms with van der Waals surface area (Å²) in [6.45, 7) is 0.730. The van der Waals surface area contributed by atoms with E-state index in [1.165, 1.54) is 5.56 Å². The number of hydrogen-bond acceptors (Lipinski definition) is 5.